The Morgan fingerprint density at radius 2 is 1.82 bits per heavy atom. The molecule has 0 aliphatic carbocycles. The van der Waals surface area contributed by atoms with E-state index in [4.69, 9.17) is 0 Å². The Hall–Kier alpha value is -2.36. The van der Waals surface area contributed by atoms with Crippen molar-refractivity contribution in [2.45, 2.75) is 6.92 Å². The van der Waals surface area contributed by atoms with Gasteiger partial charge >= 0.3 is 0 Å². The number of anilines is 2. The van der Waals surface area contributed by atoms with Crippen molar-refractivity contribution in [3.05, 3.63) is 48.2 Å². The van der Waals surface area contributed by atoms with Gasteiger partial charge < -0.3 is 10.3 Å². The Labute approximate surface area is 98.7 Å². The summed E-state index contributed by atoms with van der Waals surface area (Å²) in [5, 5.41) is 3.21. The number of fused-ring (bicyclic) bond motifs is 1. The monoisotopic (exact) mass is 224 g/mol. The topological polar surface area (TPSA) is 53.6 Å². The second-order valence-electron chi connectivity index (χ2n) is 3.90. The normalized spacial score (nSPS) is 10.6. The summed E-state index contributed by atoms with van der Waals surface area (Å²) >= 11 is 0. The molecule has 0 aliphatic rings. The third-order valence-electron chi connectivity index (χ3n) is 2.52. The van der Waals surface area contributed by atoms with Crippen molar-refractivity contribution in [1.82, 2.24) is 15.0 Å². The maximum Gasteiger partial charge on any atom is 0.207 e. The standard InChI is InChI=1S/C13H12N4/c1-9-7-8-11-12(14-9)17-13(16-11)15-10-5-3-2-4-6-10/h2-8H,1H3,(H2,14,15,16,17). The fraction of sp³-hybridized carbons (Fsp3) is 0.0769. The molecule has 3 aromatic rings. The molecule has 0 saturated heterocycles. The molecule has 1 aromatic carbocycles. The van der Waals surface area contributed by atoms with Crippen molar-refractivity contribution in [3.63, 3.8) is 0 Å². The van der Waals surface area contributed by atoms with Crippen LogP contribution in [0.15, 0.2) is 42.5 Å². The van der Waals surface area contributed by atoms with Gasteiger partial charge in [0.2, 0.25) is 5.95 Å². The molecule has 0 amide bonds. The Morgan fingerprint density at radius 3 is 2.65 bits per heavy atom. The van der Waals surface area contributed by atoms with E-state index in [1.54, 1.807) is 0 Å². The first-order valence-electron chi connectivity index (χ1n) is 5.47. The van der Waals surface area contributed by atoms with Crippen molar-refractivity contribution in [1.29, 1.82) is 0 Å². The molecule has 0 spiro atoms. The molecular formula is C13H12N4. The van der Waals surface area contributed by atoms with Crippen LogP contribution >= 0.6 is 0 Å². The molecule has 4 heteroatoms. The van der Waals surface area contributed by atoms with Gasteiger partial charge in [-0.05, 0) is 31.2 Å². The largest absolute Gasteiger partial charge is 0.326 e. The minimum absolute atomic E-state index is 0.712. The maximum atomic E-state index is 4.39. The van der Waals surface area contributed by atoms with Crippen LogP contribution in [0.1, 0.15) is 5.69 Å². The maximum absolute atomic E-state index is 4.39. The Bertz CT molecular complexity index is 643. The summed E-state index contributed by atoms with van der Waals surface area (Å²) in [6, 6.07) is 13.9. The number of imidazole rings is 1. The van der Waals surface area contributed by atoms with Gasteiger partial charge in [-0.2, -0.15) is 4.98 Å². The van der Waals surface area contributed by atoms with E-state index in [2.05, 4.69) is 20.3 Å². The fourth-order valence-electron chi connectivity index (χ4n) is 1.70. The van der Waals surface area contributed by atoms with Crippen LogP contribution in [0.2, 0.25) is 0 Å². The molecule has 0 saturated carbocycles. The zero-order valence-electron chi connectivity index (χ0n) is 9.44. The highest BCUT2D eigenvalue weighted by molar-refractivity contribution is 5.74. The van der Waals surface area contributed by atoms with Crippen LogP contribution < -0.4 is 5.32 Å². The molecule has 0 atom stereocenters. The number of pyridine rings is 1. The molecule has 3 rings (SSSR count). The highest BCUT2D eigenvalue weighted by atomic mass is 15.1. The molecule has 0 unspecified atom stereocenters. The first-order valence-corrected chi connectivity index (χ1v) is 5.47. The van der Waals surface area contributed by atoms with E-state index < -0.39 is 0 Å². The zero-order valence-corrected chi connectivity index (χ0v) is 9.44. The first kappa shape index (κ1) is 9.84. The molecule has 0 aliphatic heterocycles. The van der Waals surface area contributed by atoms with Gasteiger partial charge in [0.1, 0.15) is 0 Å². The number of aromatic amines is 1. The second-order valence-corrected chi connectivity index (χ2v) is 3.90. The highest BCUT2D eigenvalue weighted by Gasteiger charge is 2.03. The van der Waals surface area contributed by atoms with Gasteiger partial charge in [-0.25, -0.2) is 4.98 Å². The van der Waals surface area contributed by atoms with Gasteiger partial charge in [-0.3, -0.25) is 0 Å². The molecule has 84 valence electrons. The summed E-state index contributed by atoms with van der Waals surface area (Å²) in [6.45, 7) is 1.96. The van der Waals surface area contributed by atoms with E-state index in [-0.39, 0.29) is 0 Å². The number of aryl methyl sites for hydroxylation is 1. The van der Waals surface area contributed by atoms with E-state index in [0.29, 0.717) is 5.95 Å². The molecular weight excluding hydrogens is 212 g/mol. The molecule has 0 radical (unpaired) electrons. The summed E-state index contributed by atoms with van der Waals surface area (Å²) in [5.74, 6) is 0.712. The number of hydrogen-bond donors (Lipinski definition) is 2. The van der Waals surface area contributed by atoms with Crippen molar-refractivity contribution >= 4 is 22.8 Å². The van der Waals surface area contributed by atoms with Gasteiger partial charge in [-0.15, -0.1) is 0 Å². The molecule has 0 fully saturated rings. The summed E-state index contributed by atoms with van der Waals surface area (Å²) in [6.07, 6.45) is 0. The van der Waals surface area contributed by atoms with E-state index in [0.717, 1.165) is 22.5 Å². The Balaban J connectivity index is 1.96. The van der Waals surface area contributed by atoms with Gasteiger partial charge in [-0.1, -0.05) is 18.2 Å². The van der Waals surface area contributed by atoms with Crippen molar-refractivity contribution in [3.8, 4) is 0 Å². The Morgan fingerprint density at radius 1 is 1.00 bits per heavy atom. The quantitative estimate of drug-likeness (QED) is 0.703. The average molecular weight is 224 g/mol. The second kappa shape index (κ2) is 3.90. The van der Waals surface area contributed by atoms with Crippen LogP contribution in [-0.2, 0) is 0 Å². The lowest BCUT2D eigenvalue weighted by molar-refractivity contribution is 1.22. The minimum Gasteiger partial charge on any atom is -0.326 e. The lowest BCUT2D eigenvalue weighted by Gasteiger charge is -2.00. The van der Waals surface area contributed by atoms with Crippen molar-refractivity contribution in [2.24, 2.45) is 0 Å². The van der Waals surface area contributed by atoms with Crippen LogP contribution in [0, 0.1) is 6.92 Å². The summed E-state index contributed by atoms with van der Waals surface area (Å²) in [4.78, 5) is 11.9. The van der Waals surface area contributed by atoms with Crippen LogP contribution in [0.3, 0.4) is 0 Å². The predicted octanol–water partition coefficient (Wildman–Crippen LogP) is 3.01. The van der Waals surface area contributed by atoms with E-state index in [9.17, 15) is 0 Å². The smallest absolute Gasteiger partial charge is 0.207 e. The van der Waals surface area contributed by atoms with Gasteiger partial charge in [0.25, 0.3) is 0 Å². The van der Waals surface area contributed by atoms with Crippen LogP contribution in [0.25, 0.3) is 11.2 Å². The number of benzene rings is 1. The zero-order chi connectivity index (χ0) is 11.7. The summed E-state index contributed by atoms with van der Waals surface area (Å²) in [7, 11) is 0. The average Bonchev–Trinajstić information content (AvgIpc) is 2.71. The third kappa shape index (κ3) is 1.97. The number of H-pyrrole nitrogens is 1. The summed E-state index contributed by atoms with van der Waals surface area (Å²) < 4.78 is 0. The van der Waals surface area contributed by atoms with Crippen molar-refractivity contribution in [2.75, 3.05) is 5.32 Å². The number of para-hydroxylation sites is 1. The van der Waals surface area contributed by atoms with E-state index in [1.807, 2.05) is 49.4 Å². The molecule has 17 heavy (non-hydrogen) atoms. The van der Waals surface area contributed by atoms with E-state index in [1.165, 1.54) is 0 Å². The fourth-order valence-corrected chi connectivity index (χ4v) is 1.70. The molecule has 2 N–H and O–H groups in total. The van der Waals surface area contributed by atoms with Gasteiger partial charge in [0.05, 0.1) is 5.52 Å². The molecule has 4 nitrogen and oxygen atoms in total. The van der Waals surface area contributed by atoms with Crippen LogP contribution in [0.5, 0.6) is 0 Å². The number of nitrogens with zero attached hydrogens (tertiary/aromatic N) is 2. The number of hydrogen-bond acceptors (Lipinski definition) is 3. The first-order chi connectivity index (χ1) is 8.31. The minimum atomic E-state index is 0.712. The number of aromatic nitrogens is 3. The van der Waals surface area contributed by atoms with Gasteiger partial charge in [0, 0.05) is 11.4 Å². The lowest BCUT2D eigenvalue weighted by Crippen LogP contribution is -1.91. The number of nitrogens with one attached hydrogen (secondary N) is 2. The third-order valence-corrected chi connectivity index (χ3v) is 2.52. The SMILES string of the molecule is Cc1ccc2[nH]c(Nc3ccccc3)nc2n1. The van der Waals surface area contributed by atoms with Crippen molar-refractivity contribution < 1.29 is 0 Å². The molecule has 0 bridgehead atoms. The highest BCUT2D eigenvalue weighted by Crippen LogP contribution is 2.16. The Kier molecular flexibility index (Phi) is 2.26. The number of rotatable bonds is 2. The lowest BCUT2D eigenvalue weighted by atomic mass is 10.3. The van der Waals surface area contributed by atoms with E-state index >= 15 is 0 Å². The summed E-state index contributed by atoms with van der Waals surface area (Å²) in [5.41, 5.74) is 3.65. The van der Waals surface area contributed by atoms with Gasteiger partial charge in [0.15, 0.2) is 5.65 Å². The predicted molar refractivity (Wildman–Crippen MR) is 68.4 cm³/mol. The van der Waals surface area contributed by atoms with Crippen LogP contribution in [-0.4, -0.2) is 15.0 Å². The molecule has 2 aromatic heterocycles. The van der Waals surface area contributed by atoms with Crippen LogP contribution in [0.4, 0.5) is 11.6 Å². The molecule has 2 heterocycles.